The third-order valence-corrected chi connectivity index (χ3v) is 4.90. The second kappa shape index (κ2) is 7.94. The van der Waals surface area contributed by atoms with Gasteiger partial charge in [0.1, 0.15) is 0 Å². The highest BCUT2D eigenvalue weighted by molar-refractivity contribution is 6.32. The molecule has 6 nitrogen and oxygen atoms in total. The summed E-state index contributed by atoms with van der Waals surface area (Å²) in [7, 11) is 0. The second-order valence-electron chi connectivity index (χ2n) is 6.57. The summed E-state index contributed by atoms with van der Waals surface area (Å²) in [6, 6.07) is 13.3. The maximum absolute atomic E-state index is 12.4. The van der Waals surface area contributed by atoms with Crippen molar-refractivity contribution in [1.29, 1.82) is 0 Å². The zero-order valence-corrected chi connectivity index (χ0v) is 16.2. The number of ether oxygens (including phenoxy) is 2. The molecule has 0 saturated carbocycles. The van der Waals surface area contributed by atoms with E-state index in [2.05, 4.69) is 10.4 Å². The lowest BCUT2D eigenvalue weighted by atomic mass is 10.1. The van der Waals surface area contributed by atoms with E-state index in [-0.39, 0.29) is 12.7 Å². The molecular formula is C21H20ClN3O3. The third-order valence-electron chi connectivity index (χ3n) is 4.62. The van der Waals surface area contributed by atoms with Crippen LogP contribution in [0.15, 0.2) is 48.7 Å². The van der Waals surface area contributed by atoms with Gasteiger partial charge in [-0.1, -0.05) is 29.8 Å². The van der Waals surface area contributed by atoms with E-state index in [1.54, 1.807) is 12.1 Å². The highest BCUT2D eigenvalue weighted by Crippen LogP contribution is 2.39. The largest absolute Gasteiger partial charge is 0.454 e. The predicted molar refractivity (Wildman–Crippen MR) is 107 cm³/mol. The molecule has 1 amide bonds. The monoisotopic (exact) mass is 397 g/mol. The van der Waals surface area contributed by atoms with Gasteiger partial charge in [0.15, 0.2) is 11.5 Å². The molecule has 0 spiro atoms. The van der Waals surface area contributed by atoms with Crippen molar-refractivity contribution in [2.45, 2.75) is 19.8 Å². The van der Waals surface area contributed by atoms with Gasteiger partial charge in [0, 0.05) is 18.3 Å². The first-order chi connectivity index (χ1) is 13.6. The summed E-state index contributed by atoms with van der Waals surface area (Å²) >= 11 is 6.14. The molecule has 4 rings (SSSR count). The summed E-state index contributed by atoms with van der Waals surface area (Å²) in [6.07, 6.45) is 3.69. The van der Waals surface area contributed by atoms with Crippen LogP contribution in [0.2, 0.25) is 5.02 Å². The fraction of sp³-hybridized carbons (Fsp3) is 0.238. The quantitative estimate of drug-likeness (QED) is 0.640. The van der Waals surface area contributed by atoms with Crippen LogP contribution in [0, 0.1) is 6.92 Å². The Morgan fingerprint density at radius 1 is 1.25 bits per heavy atom. The van der Waals surface area contributed by atoms with Crippen molar-refractivity contribution in [3.8, 4) is 17.2 Å². The molecule has 0 bridgehead atoms. The number of hydrogen-bond donors (Lipinski definition) is 1. The molecule has 0 saturated heterocycles. The van der Waals surface area contributed by atoms with Crippen LogP contribution < -0.4 is 14.8 Å². The Bertz CT molecular complexity index is 1000. The van der Waals surface area contributed by atoms with Crippen LogP contribution >= 0.6 is 11.6 Å². The molecule has 1 aliphatic heterocycles. The summed E-state index contributed by atoms with van der Waals surface area (Å²) < 4.78 is 12.5. The molecule has 1 aromatic heterocycles. The number of rotatable bonds is 6. The molecule has 0 unspecified atom stereocenters. The molecule has 2 heterocycles. The van der Waals surface area contributed by atoms with E-state index in [1.165, 1.54) is 5.56 Å². The fourth-order valence-electron chi connectivity index (χ4n) is 3.14. The number of nitrogens with one attached hydrogen (secondary N) is 1. The van der Waals surface area contributed by atoms with E-state index >= 15 is 0 Å². The summed E-state index contributed by atoms with van der Waals surface area (Å²) in [5.41, 5.74) is 3.66. The van der Waals surface area contributed by atoms with E-state index in [0.717, 1.165) is 24.2 Å². The fourth-order valence-corrected chi connectivity index (χ4v) is 3.40. The molecule has 1 N–H and O–H groups in total. The van der Waals surface area contributed by atoms with Crippen molar-refractivity contribution in [3.63, 3.8) is 0 Å². The molecule has 3 aromatic rings. The Labute approximate surface area is 168 Å². The molecular weight excluding hydrogens is 378 g/mol. The molecule has 144 valence electrons. The Morgan fingerprint density at radius 3 is 2.89 bits per heavy atom. The average molecular weight is 398 g/mol. The molecule has 0 radical (unpaired) electrons. The minimum Gasteiger partial charge on any atom is -0.454 e. The molecule has 7 heteroatoms. The van der Waals surface area contributed by atoms with Gasteiger partial charge in [0.25, 0.3) is 5.91 Å². The van der Waals surface area contributed by atoms with Gasteiger partial charge in [-0.2, -0.15) is 5.10 Å². The topological polar surface area (TPSA) is 65.4 Å². The molecule has 0 fully saturated rings. The van der Waals surface area contributed by atoms with Crippen LogP contribution in [0.1, 0.15) is 28.0 Å². The highest BCUT2D eigenvalue weighted by atomic mass is 35.5. The summed E-state index contributed by atoms with van der Waals surface area (Å²) in [6.45, 7) is 2.68. The predicted octanol–water partition coefficient (Wildman–Crippen LogP) is 3.93. The van der Waals surface area contributed by atoms with Gasteiger partial charge in [-0.25, -0.2) is 4.68 Å². The van der Waals surface area contributed by atoms with Gasteiger partial charge < -0.3 is 14.8 Å². The zero-order valence-electron chi connectivity index (χ0n) is 15.4. The van der Waals surface area contributed by atoms with Crippen LogP contribution in [-0.2, 0) is 6.42 Å². The van der Waals surface area contributed by atoms with E-state index < -0.39 is 0 Å². The van der Waals surface area contributed by atoms with E-state index in [4.69, 9.17) is 21.1 Å². The van der Waals surface area contributed by atoms with Crippen molar-refractivity contribution >= 4 is 17.5 Å². The third kappa shape index (κ3) is 3.82. The van der Waals surface area contributed by atoms with Crippen LogP contribution in [0.4, 0.5) is 0 Å². The maximum Gasteiger partial charge on any atom is 0.251 e. The molecule has 0 atom stereocenters. The molecule has 1 aliphatic rings. The first-order valence-corrected chi connectivity index (χ1v) is 9.47. The number of aromatic nitrogens is 2. The maximum atomic E-state index is 12.4. The highest BCUT2D eigenvalue weighted by Gasteiger charge is 2.20. The summed E-state index contributed by atoms with van der Waals surface area (Å²) in [5, 5.41) is 7.88. The number of para-hydroxylation sites is 1. The smallest absolute Gasteiger partial charge is 0.251 e. The Kier molecular flexibility index (Phi) is 5.21. The summed E-state index contributed by atoms with van der Waals surface area (Å²) in [5.74, 6) is 0.808. The van der Waals surface area contributed by atoms with Gasteiger partial charge in [0.2, 0.25) is 6.79 Å². The van der Waals surface area contributed by atoms with Gasteiger partial charge in [-0.05, 0) is 49.6 Å². The minimum absolute atomic E-state index is 0.121. The van der Waals surface area contributed by atoms with Crippen molar-refractivity contribution < 1.29 is 14.3 Å². The Morgan fingerprint density at radius 2 is 2.07 bits per heavy atom. The minimum atomic E-state index is -0.183. The number of amides is 1. The molecule has 28 heavy (non-hydrogen) atoms. The van der Waals surface area contributed by atoms with Crippen molar-refractivity contribution in [2.75, 3.05) is 13.3 Å². The number of carbonyl (C=O) groups is 1. The van der Waals surface area contributed by atoms with Crippen molar-refractivity contribution in [2.24, 2.45) is 0 Å². The van der Waals surface area contributed by atoms with Gasteiger partial charge in [-0.3, -0.25) is 4.79 Å². The zero-order chi connectivity index (χ0) is 19.5. The van der Waals surface area contributed by atoms with Crippen molar-refractivity contribution in [3.05, 3.63) is 70.5 Å². The van der Waals surface area contributed by atoms with Gasteiger partial charge in [0.05, 0.1) is 16.4 Å². The first-order valence-electron chi connectivity index (χ1n) is 9.10. The van der Waals surface area contributed by atoms with Crippen molar-refractivity contribution in [1.82, 2.24) is 15.1 Å². The van der Waals surface area contributed by atoms with Crippen LogP contribution in [0.25, 0.3) is 5.69 Å². The van der Waals surface area contributed by atoms with Gasteiger partial charge in [-0.15, -0.1) is 0 Å². The number of benzene rings is 2. The van der Waals surface area contributed by atoms with Crippen LogP contribution in [0.5, 0.6) is 11.5 Å². The van der Waals surface area contributed by atoms with Gasteiger partial charge >= 0.3 is 0 Å². The Balaban J connectivity index is 1.32. The number of halogens is 1. The number of aryl methyl sites for hydroxylation is 2. The molecule has 2 aromatic carbocycles. The normalized spacial score (nSPS) is 12.2. The number of nitrogens with zero attached hydrogens (tertiary/aromatic N) is 2. The lowest BCUT2D eigenvalue weighted by Crippen LogP contribution is -2.24. The first kappa shape index (κ1) is 18.4. The lowest BCUT2D eigenvalue weighted by Gasteiger charge is -2.07. The van der Waals surface area contributed by atoms with E-state index in [1.807, 2.05) is 48.1 Å². The number of carbonyl (C=O) groups excluding carboxylic acids is 1. The molecule has 0 aliphatic carbocycles. The summed E-state index contributed by atoms with van der Waals surface area (Å²) in [4.78, 5) is 12.4. The standard InChI is InChI=1S/C21H20ClN3O3/c1-14-15(12-25(24-14)17-7-3-2-4-8-17)6-5-9-23-21(26)16-10-18(22)20-19(11-16)27-13-28-20/h2-4,7-8,10-12H,5-6,9,13H2,1H3,(H,23,26). The number of hydrogen-bond acceptors (Lipinski definition) is 4. The van der Waals surface area contributed by atoms with E-state index in [0.29, 0.717) is 28.6 Å². The average Bonchev–Trinajstić information content (AvgIpc) is 3.33. The lowest BCUT2D eigenvalue weighted by molar-refractivity contribution is 0.0952. The number of fused-ring (bicyclic) bond motifs is 1. The second-order valence-corrected chi connectivity index (χ2v) is 6.98. The SMILES string of the molecule is Cc1nn(-c2ccccc2)cc1CCCNC(=O)c1cc(Cl)c2c(c1)OCO2. The van der Waals surface area contributed by atoms with Crippen LogP contribution in [0.3, 0.4) is 0 Å². The Hall–Kier alpha value is -2.99. The van der Waals surface area contributed by atoms with Crippen LogP contribution in [-0.4, -0.2) is 29.0 Å². The van der Waals surface area contributed by atoms with E-state index in [9.17, 15) is 4.79 Å².